The summed E-state index contributed by atoms with van der Waals surface area (Å²) in [7, 11) is 0. The first-order valence-corrected chi connectivity index (χ1v) is 9.22. The van der Waals surface area contributed by atoms with Crippen LogP contribution in [0.1, 0.15) is 33.5 Å². The lowest BCUT2D eigenvalue weighted by atomic mass is 10.0. The van der Waals surface area contributed by atoms with Gasteiger partial charge < -0.3 is 10.2 Å². The molecule has 0 spiro atoms. The Bertz CT molecular complexity index is 935. The number of benzene rings is 2. The second-order valence-electron chi connectivity index (χ2n) is 6.82. The minimum atomic E-state index is -0.166. The minimum absolute atomic E-state index is 0.166. The van der Waals surface area contributed by atoms with Gasteiger partial charge in [0.1, 0.15) is 0 Å². The summed E-state index contributed by atoms with van der Waals surface area (Å²) < 4.78 is 0. The number of fused-ring (bicyclic) bond motifs is 1. The second kappa shape index (κ2) is 7.58. The lowest BCUT2D eigenvalue weighted by Gasteiger charge is -2.29. The molecule has 2 heterocycles. The number of hydrogen-bond acceptors (Lipinski definition) is 4. The van der Waals surface area contributed by atoms with Crippen molar-refractivity contribution in [3.63, 3.8) is 0 Å². The molecule has 2 aromatic carbocycles. The highest BCUT2D eigenvalue weighted by Gasteiger charge is 2.20. The van der Waals surface area contributed by atoms with Crippen LogP contribution in [0.3, 0.4) is 0 Å². The Balaban J connectivity index is 1.44. The number of anilines is 2. The van der Waals surface area contributed by atoms with E-state index in [4.69, 9.17) is 0 Å². The fraction of sp³-hybridized carbons (Fsp3) is 0.227. The monoisotopic (exact) mass is 358 g/mol. The largest absolute Gasteiger partial charge is 0.348 e. The van der Waals surface area contributed by atoms with E-state index < -0.39 is 0 Å². The van der Waals surface area contributed by atoms with Gasteiger partial charge in [-0.15, -0.1) is 0 Å². The zero-order valence-electron chi connectivity index (χ0n) is 15.4. The number of para-hydroxylation sites is 1. The van der Waals surface area contributed by atoms with Crippen molar-refractivity contribution in [1.82, 2.24) is 15.3 Å². The standard InChI is InChI=1S/C22H22N4O/c1-16-8-10-17(11-9-16)13-23-21(27)19-14-24-22(25-15-19)26-12-4-6-18-5-2-3-7-20(18)26/h2-3,5,7-11,14-15H,4,6,12-13H2,1H3,(H,23,27). The molecule has 0 atom stereocenters. The van der Waals surface area contributed by atoms with Crippen LogP contribution >= 0.6 is 0 Å². The predicted molar refractivity (Wildman–Crippen MR) is 106 cm³/mol. The molecule has 0 aliphatic carbocycles. The van der Waals surface area contributed by atoms with E-state index in [0.717, 1.165) is 30.6 Å². The zero-order chi connectivity index (χ0) is 18.6. The van der Waals surface area contributed by atoms with Gasteiger partial charge in [0.25, 0.3) is 5.91 Å². The van der Waals surface area contributed by atoms with Crippen LogP contribution in [0.2, 0.25) is 0 Å². The number of rotatable bonds is 4. The Hall–Kier alpha value is -3.21. The van der Waals surface area contributed by atoms with E-state index in [2.05, 4.69) is 38.4 Å². The molecule has 1 aliphatic heterocycles. The van der Waals surface area contributed by atoms with E-state index in [0.29, 0.717) is 18.1 Å². The van der Waals surface area contributed by atoms with Crippen molar-refractivity contribution >= 4 is 17.5 Å². The van der Waals surface area contributed by atoms with Gasteiger partial charge in [0.05, 0.1) is 5.56 Å². The van der Waals surface area contributed by atoms with Crippen LogP contribution in [-0.2, 0) is 13.0 Å². The lowest BCUT2D eigenvalue weighted by molar-refractivity contribution is 0.0950. The number of nitrogens with one attached hydrogen (secondary N) is 1. The van der Waals surface area contributed by atoms with Gasteiger partial charge in [-0.3, -0.25) is 4.79 Å². The molecule has 5 nitrogen and oxygen atoms in total. The zero-order valence-corrected chi connectivity index (χ0v) is 15.4. The van der Waals surface area contributed by atoms with Gasteiger partial charge in [-0.1, -0.05) is 48.0 Å². The summed E-state index contributed by atoms with van der Waals surface area (Å²) in [4.78, 5) is 23.4. The topological polar surface area (TPSA) is 58.1 Å². The average Bonchev–Trinajstić information content (AvgIpc) is 2.73. The van der Waals surface area contributed by atoms with Crippen LogP contribution in [0, 0.1) is 6.92 Å². The van der Waals surface area contributed by atoms with Gasteiger partial charge in [0.15, 0.2) is 0 Å². The number of nitrogens with zero attached hydrogens (tertiary/aromatic N) is 3. The molecule has 1 N–H and O–H groups in total. The third-order valence-corrected chi connectivity index (χ3v) is 4.83. The maximum Gasteiger partial charge on any atom is 0.254 e. The Labute approximate surface area is 159 Å². The van der Waals surface area contributed by atoms with Crippen molar-refractivity contribution in [2.24, 2.45) is 0 Å². The summed E-state index contributed by atoms with van der Waals surface area (Å²) >= 11 is 0. The van der Waals surface area contributed by atoms with Crippen molar-refractivity contribution in [2.75, 3.05) is 11.4 Å². The quantitative estimate of drug-likeness (QED) is 0.771. The third-order valence-electron chi connectivity index (χ3n) is 4.83. The van der Waals surface area contributed by atoms with Gasteiger partial charge in [-0.25, -0.2) is 9.97 Å². The van der Waals surface area contributed by atoms with Crippen molar-refractivity contribution in [1.29, 1.82) is 0 Å². The Kier molecular flexibility index (Phi) is 4.83. The molecule has 0 unspecified atom stereocenters. The first-order valence-electron chi connectivity index (χ1n) is 9.22. The number of carbonyl (C=O) groups excluding carboxylic acids is 1. The minimum Gasteiger partial charge on any atom is -0.348 e. The van der Waals surface area contributed by atoms with E-state index in [-0.39, 0.29) is 5.91 Å². The van der Waals surface area contributed by atoms with Gasteiger partial charge in [-0.05, 0) is 37.0 Å². The maximum atomic E-state index is 12.4. The van der Waals surface area contributed by atoms with Gasteiger partial charge in [0.2, 0.25) is 5.95 Å². The van der Waals surface area contributed by atoms with Crippen molar-refractivity contribution in [3.05, 3.63) is 83.2 Å². The summed E-state index contributed by atoms with van der Waals surface area (Å²) in [5.41, 5.74) is 5.20. The molecule has 27 heavy (non-hydrogen) atoms. The molecule has 0 saturated carbocycles. The molecule has 0 saturated heterocycles. The van der Waals surface area contributed by atoms with E-state index >= 15 is 0 Å². The highest BCUT2D eigenvalue weighted by Crippen LogP contribution is 2.30. The Morgan fingerprint density at radius 2 is 1.81 bits per heavy atom. The molecule has 0 fully saturated rings. The van der Waals surface area contributed by atoms with E-state index in [1.54, 1.807) is 12.4 Å². The second-order valence-corrected chi connectivity index (χ2v) is 6.82. The van der Waals surface area contributed by atoms with E-state index in [1.807, 2.05) is 37.3 Å². The lowest BCUT2D eigenvalue weighted by Crippen LogP contribution is -2.27. The first kappa shape index (κ1) is 17.2. The van der Waals surface area contributed by atoms with Crippen molar-refractivity contribution in [3.8, 4) is 0 Å². The van der Waals surface area contributed by atoms with Crippen molar-refractivity contribution < 1.29 is 4.79 Å². The molecule has 0 radical (unpaired) electrons. The maximum absolute atomic E-state index is 12.4. The highest BCUT2D eigenvalue weighted by atomic mass is 16.1. The number of hydrogen-bond donors (Lipinski definition) is 1. The molecular weight excluding hydrogens is 336 g/mol. The van der Waals surface area contributed by atoms with Crippen LogP contribution in [-0.4, -0.2) is 22.4 Å². The third kappa shape index (κ3) is 3.82. The molecular formula is C22H22N4O. The molecule has 3 aromatic rings. The molecule has 5 heteroatoms. The van der Waals surface area contributed by atoms with Crippen LogP contribution < -0.4 is 10.2 Å². The van der Waals surface area contributed by atoms with E-state index in [1.165, 1.54) is 11.1 Å². The normalized spacial score (nSPS) is 13.1. The SMILES string of the molecule is Cc1ccc(CNC(=O)c2cnc(N3CCCc4ccccc43)nc2)cc1. The first-order chi connectivity index (χ1) is 13.2. The fourth-order valence-electron chi connectivity index (χ4n) is 3.31. The van der Waals surface area contributed by atoms with Crippen LogP contribution in [0.4, 0.5) is 11.6 Å². The molecule has 1 aliphatic rings. The van der Waals surface area contributed by atoms with Crippen LogP contribution in [0.5, 0.6) is 0 Å². The van der Waals surface area contributed by atoms with Gasteiger partial charge >= 0.3 is 0 Å². The highest BCUT2D eigenvalue weighted by molar-refractivity contribution is 5.93. The van der Waals surface area contributed by atoms with Crippen LogP contribution in [0.15, 0.2) is 60.9 Å². The summed E-state index contributed by atoms with van der Waals surface area (Å²) in [6, 6.07) is 16.4. The molecule has 1 amide bonds. The van der Waals surface area contributed by atoms with Crippen molar-refractivity contribution in [2.45, 2.75) is 26.3 Å². The van der Waals surface area contributed by atoms with Crippen LogP contribution in [0.25, 0.3) is 0 Å². The molecule has 1 aromatic heterocycles. The fourth-order valence-corrected chi connectivity index (χ4v) is 3.31. The predicted octanol–water partition coefficient (Wildman–Crippen LogP) is 3.80. The van der Waals surface area contributed by atoms with E-state index in [9.17, 15) is 4.79 Å². The summed E-state index contributed by atoms with van der Waals surface area (Å²) in [5.74, 6) is 0.471. The molecule has 4 rings (SSSR count). The number of aromatic nitrogens is 2. The molecule has 0 bridgehead atoms. The summed E-state index contributed by atoms with van der Waals surface area (Å²) in [6.45, 7) is 3.42. The number of aryl methyl sites for hydroxylation is 2. The van der Waals surface area contributed by atoms with Gasteiger partial charge in [-0.2, -0.15) is 0 Å². The number of amides is 1. The summed E-state index contributed by atoms with van der Waals surface area (Å²) in [6.07, 6.45) is 5.35. The molecule has 136 valence electrons. The Morgan fingerprint density at radius 1 is 1.07 bits per heavy atom. The smallest absolute Gasteiger partial charge is 0.254 e. The summed E-state index contributed by atoms with van der Waals surface area (Å²) in [5, 5.41) is 2.92. The van der Waals surface area contributed by atoms with Gasteiger partial charge in [0, 0.05) is 31.2 Å². The number of carbonyl (C=O) groups is 1. The Morgan fingerprint density at radius 3 is 2.59 bits per heavy atom. The average molecular weight is 358 g/mol.